The Hall–Kier alpha value is -1.94. The fourth-order valence-corrected chi connectivity index (χ4v) is 13.9. The van der Waals surface area contributed by atoms with Crippen LogP contribution in [0.5, 0.6) is 0 Å². The van der Waals surface area contributed by atoms with Gasteiger partial charge in [0.1, 0.15) is 19.3 Å². The number of phosphoric ester groups is 2. The number of unbranched alkanes of at least 4 members (excludes halogenated alkanes) is 49. The highest BCUT2D eigenvalue weighted by Gasteiger charge is 2.30. The maximum atomic E-state index is 13.1. The molecule has 0 saturated carbocycles. The highest BCUT2D eigenvalue weighted by molar-refractivity contribution is 7.47. The zero-order chi connectivity index (χ0) is 72.8. The van der Waals surface area contributed by atoms with Crippen LogP contribution in [0.15, 0.2) is 0 Å². The standard InChI is InChI=1S/C80H156O17P2/c1-7-9-11-13-15-17-19-21-23-24-28-31-35-39-43-50-56-62-77(82)90-68-75(96-79(84)64-59-53-45-41-37-33-29-25-27-30-34-38-42-48-54-60-72(3)4)70-94-98(86,87)92-66-74(81)67-93-99(88,89)95-71-76(69-91-78(83)63-57-51-47-46-49-55-61-73(5)6)97-80(85)65-58-52-44-40-36-32-26-22-20-18-16-14-12-10-8-2/h72-76,81H,7-71H2,1-6H3,(H,86,87)(H,88,89)/t74-,75-,76-/m1/s1. The van der Waals surface area contributed by atoms with Crippen LogP contribution in [0, 0.1) is 11.8 Å². The number of carbonyl (C=O) groups is 4. The molecule has 0 spiro atoms. The average Bonchev–Trinajstić information content (AvgIpc) is 1.13. The normalized spacial score (nSPS) is 13.9. The maximum absolute atomic E-state index is 13.1. The average molecular weight is 1450 g/mol. The van der Waals surface area contributed by atoms with E-state index in [4.69, 9.17) is 37.0 Å². The Morgan fingerprint density at radius 1 is 0.273 bits per heavy atom. The largest absolute Gasteiger partial charge is 0.472 e. The van der Waals surface area contributed by atoms with Gasteiger partial charge in [0.05, 0.1) is 26.4 Å². The molecule has 17 nitrogen and oxygen atoms in total. The first-order valence-electron chi connectivity index (χ1n) is 41.5. The first-order chi connectivity index (χ1) is 47.9. The van der Waals surface area contributed by atoms with Gasteiger partial charge in [0, 0.05) is 25.7 Å². The molecule has 0 radical (unpaired) electrons. The van der Waals surface area contributed by atoms with Crippen LogP contribution in [0.2, 0.25) is 0 Å². The number of phosphoric acid groups is 2. The third kappa shape index (κ3) is 74.1. The van der Waals surface area contributed by atoms with Crippen LogP contribution in [0.4, 0.5) is 0 Å². The zero-order valence-corrected chi connectivity index (χ0v) is 66.6. The van der Waals surface area contributed by atoms with Crippen LogP contribution in [0.1, 0.15) is 420 Å². The molecule has 0 aliphatic rings. The van der Waals surface area contributed by atoms with Gasteiger partial charge in [0.2, 0.25) is 0 Å². The predicted molar refractivity (Wildman–Crippen MR) is 405 cm³/mol. The number of rotatable bonds is 79. The Kier molecular flexibility index (Phi) is 70.3. The van der Waals surface area contributed by atoms with Gasteiger partial charge in [-0.25, -0.2) is 9.13 Å². The molecule has 0 aromatic rings. The molecule has 5 atom stereocenters. The van der Waals surface area contributed by atoms with Gasteiger partial charge in [-0.05, 0) is 37.5 Å². The fourth-order valence-electron chi connectivity index (χ4n) is 12.4. The van der Waals surface area contributed by atoms with Crippen molar-refractivity contribution < 1.29 is 80.2 Å². The molecule has 0 heterocycles. The SMILES string of the molecule is CCCCCCCCCCCCCCCCCCCC(=O)OC[C@H](COP(=O)(O)OC[C@@H](O)COP(=O)(O)OC[C@@H](COC(=O)CCCCCCCCC(C)C)OC(=O)CCCCCCCCCCCCCCCCC)OC(=O)CCCCCCCCCCCCCCCCCC(C)C. The van der Waals surface area contributed by atoms with Crippen molar-refractivity contribution in [2.45, 2.75) is 439 Å². The topological polar surface area (TPSA) is 237 Å². The van der Waals surface area contributed by atoms with Gasteiger partial charge in [-0.15, -0.1) is 0 Å². The van der Waals surface area contributed by atoms with E-state index >= 15 is 0 Å². The summed E-state index contributed by atoms with van der Waals surface area (Å²) in [6, 6.07) is 0. The van der Waals surface area contributed by atoms with Crippen molar-refractivity contribution in [1.82, 2.24) is 0 Å². The summed E-state index contributed by atoms with van der Waals surface area (Å²) in [7, 11) is -9.92. The Balaban J connectivity index is 5.23. The minimum absolute atomic E-state index is 0.107. The van der Waals surface area contributed by atoms with Gasteiger partial charge in [-0.3, -0.25) is 37.3 Å². The summed E-state index contributed by atoms with van der Waals surface area (Å²) in [5, 5.41) is 10.6. The van der Waals surface area contributed by atoms with Crippen LogP contribution in [-0.2, 0) is 65.4 Å². The quantitative estimate of drug-likeness (QED) is 0.0222. The summed E-state index contributed by atoms with van der Waals surface area (Å²) in [6.07, 6.45) is 61.2. The highest BCUT2D eigenvalue weighted by atomic mass is 31.2. The van der Waals surface area contributed by atoms with E-state index < -0.39 is 97.5 Å². The molecule has 0 fully saturated rings. The van der Waals surface area contributed by atoms with Crippen LogP contribution >= 0.6 is 15.6 Å². The first kappa shape index (κ1) is 97.1. The lowest BCUT2D eigenvalue weighted by molar-refractivity contribution is -0.161. The van der Waals surface area contributed by atoms with Crippen molar-refractivity contribution >= 4 is 39.5 Å². The van der Waals surface area contributed by atoms with Crippen molar-refractivity contribution in [3.05, 3.63) is 0 Å². The molecule has 0 amide bonds. The lowest BCUT2D eigenvalue weighted by Gasteiger charge is -2.21. The van der Waals surface area contributed by atoms with E-state index in [9.17, 15) is 43.2 Å². The molecule has 2 unspecified atom stereocenters. The summed E-state index contributed by atoms with van der Waals surface area (Å²) in [6.45, 7) is 9.58. The third-order valence-electron chi connectivity index (χ3n) is 18.7. The van der Waals surface area contributed by atoms with Crippen LogP contribution in [0.3, 0.4) is 0 Å². The monoisotopic (exact) mass is 1450 g/mol. The van der Waals surface area contributed by atoms with Gasteiger partial charge < -0.3 is 33.8 Å². The van der Waals surface area contributed by atoms with Crippen LogP contribution < -0.4 is 0 Å². The Bertz CT molecular complexity index is 1910. The molecular weight excluding hydrogens is 1290 g/mol. The minimum Gasteiger partial charge on any atom is -0.462 e. The van der Waals surface area contributed by atoms with Crippen molar-refractivity contribution in [1.29, 1.82) is 0 Å². The number of aliphatic hydroxyl groups is 1. The minimum atomic E-state index is -4.96. The summed E-state index contributed by atoms with van der Waals surface area (Å²) < 4.78 is 68.7. The molecule has 0 rings (SSSR count). The summed E-state index contributed by atoms with van der Waals surface area (Å²) in [5.74, 6) is -0.628. The van der Waals surface area contributed by atoms with Crippen molar-refractivity contribution in [3.63, 3.8) is 0 Å². The number of esters is 4. The van der Waals surface area contributed by atoms with E-state index in [1.165, 1.54) is 231 Å². The second-order valence-corrected chi connectivity index (χ2v) is 32.7. The second kappa shape index (κ2) is 71.7. The number of hydrogen-bond donors (Lipinski definition) is 3. The lowest BCUT2D eigenvalue weighted by atomic mass is 10.0. The number of carbonyl (C=O) groups excluding carboxylic acids is 4. The van der Waals surface area contributed by atoms with Gasteiger partial charge in [0.25, 0.3) is 0 Å². The Morgan fingerprint density at radius 2 is 0.465 bits per heavy atom. The highest BCUT2D eigenvalue weighted by Crippen LogP contribution is 2.45. The van der Waals surface area contributed by atoms with Crippen molar-refractivity contribution in [2.75, 3.05) is 39.6 Å². The molecule has 588 valence electrons. The van der Waals surface area contributed by atoms with E-state index in [0.717, 1.165) is 102 Å². The van der Waals surface area contributed by atoms with Gasteiger partial charge in [-0.1, -0.05) is 369 Å². The third-order valence-corrected chi connectivity index (χ3v) is 20.6. The second-order valence-electron chi connectivity index (χ2n) is 29.8. The molecule has 0 aromatic carbocycles. The fraction of sp³-hybridized carbons (Fsp3) is 0.950. The molecule has 0 bridgehead atoms. The first-order valence-corrected chi connectivity index (χ1v) is 44.5. The molecule has 0 aliphatic carbocycles. The summed E-state index contributed by atoms with van der Waals surface area (Å²) in [5.41, 5.74) is 0. The summed E-state index contributed by atoms with van der Waals surface area (Å²) in [4.78, 5) is 73.0. The molecule has 99 heavy (non-hydrogen) atoms. The number of hydrogen-bond acceptors (Lipinski definition) is 15. The van der Waals surface area contributed by atoms with Gasteiger partial charge in [-0.2, -0.15) is 0 Å². The molecule has 0 aliphatic heterocycles. The van der Waals surface area contributed by atoms with Crippen LogP contribution in [-0.4, -0.2) is 96.7 Å². The lowest BCUT2D eigenvalue weighted by Crippen LogP contribution is -2.30. The smallest absolute Gasteiger partial charge is 0.462 e. The van der Waals surface area contributed by atoms with E-state index in [1.54, 1.807) is 0 Å². The number of aliphatic hydroxyl groups excluding tert-OH is 1. The molecule has 0 aromatic heterocycles. The molecular formula is C80H156O17P2. The molecule has 19 heteroatoms. The van der Waals surface area contributed by atoms with E-state index in [-0.39, 0.29) is 25.7 Å². The van der Waals surface area contributed by atoms with E-state index in [2.05, 4.69) is 41.5 Å². The summed E-state index contributed by atoms with van der Waals surface area (Å²) >= 11 is 0. The van der Waals surface area contributed by atoms with Gasteiger partial charge >= 0.3 is 39.5 Å². The maximum Gasteiger partial charge on any atom is 0.472 e. The van der Waals surface area contributed by atoms with E-state index in [0.29, 0.717) is 31.6 Å². The van der Waals surface area contributed by atoms with E-state index in [1.807, 2.05) is 0 Å². The Morgan fingerprint density at radius 3 is 0.687 bits per heavy atom. The Labute approximate surface area is 607 Å². The van der Waals surface area contributed by atoms with Crippen molar-refractivity contribution in [2.24, 2.45) is 11.8 Å². The van der Waals surface area contributed by atoms with Gasteiger partial charge in [0.15, 0.2) is 12.2 Å². The molecule has 0 saturated heterocycles. The zero-order valence-electron chi connectivity index (χ0n) is 64.8. The number of ether oxygens (including phenoxy) is 4. The predicted octanol–water partition coefficient (Wildman–Crippen LogP) is 23.9. The van der Waals surface area contributed by atoms with Crippen LogP contribution in [0.25, 0.3) is 0 Å². The molecule has 3 N–H and O–H groups in total. The van der Waals surface area contributed by atoms with Crippen molar-refractivity contribution in [3.8, 4) is 0 Å².